The number of nitrogens with one attached hydrogen (secondary N) is 1. The van der Waals surface area contributed by atoms with E-state index in [-0.39, 0.29) is 0 Å². The van der Waals surface area contributed by atoms with Gasteiger partial charge in [0, 0.05) is 16.6 Å². The smallest absolute Gasteiger partial charge is 0.257 e. The fourth-order valence-electron chi connectivity index (χ4n) is 1.52. The third kappa shape index (κ3) is 3.09. The number of benzene rings is 1. The van der Waals surface area contributed by atoms with Crippen molar-refractivity contribution < 1.29 is 4.52 Å². The van der Waals surface area contributed by atoms with E-state index in [1.165, 1.54) is 0 Å². The molecule has 5 heteroatoms. The minimum Gasteiger partial charge on any atom is -0.334 e. The molecule has 1 aromatic heterocycles. The van der Waals surface area contributed by atoms with Gasteiger partial charge in [-0.25, -0.2) is 0 Å². The van der Waals surface area contributed by atoms with Crippen LogP contribution in [0.25, 0.3) is 11.5 Å². The van der Waals surface area contributed by atoms with E-state index in [9.17, 15) is 0 Å². The molecule has 0 fully saturated rings. The zero-order chi connectivity index (χ0) is 13.1. The molecule has 18 heavy (non-hydrogen) atoms. The Balaban J connectivity index is 2.16. The van der Waals surface area contributed by atoms with Crippen LogP contribution in [0.4, 0.5) is 0 Å². The minimum absolute atomic E-state index is 0.393. The summed E-state index contributed by atoms with van der Waals surface area (Å²) in [6.45, 7) is 6.70. The van der Waals surface area contributed by atoms with Crippen LogP contribution in [-0.2, 0) is 6.54 Å². The number of hydrogen-bond acceptors (Lipinski definition) is 4. The van der Waals surface area contributed by atoms with Crippen molar-refractivity contribution in [2.75, 3.05) is 0 Å². The highest BCUT2D eigenvalue weighted by atomic mass is 35.5. The Labute approximate surface area is 111 Å². The van der Waals surface area contributed by atoms with E-state index in [4.69, 9.17) is 16.1 Å². The average Bonchev–Trinajstić information content (AvgIpc) is 2.79. The number of rotatable bonds is 4. The first-order chi connectivity index (χ1) is 8.56. The number of hydrogen-bond donors (Lipinski definition) is 1. The highest BCUT2D eigenvalue weighted by Crippen LogP contribution is 2.23. The Kier molecular flexibility index (Phi) is 3.99. The second-order valence-corrected chi connectivity index (χ2v) is 4.92. The second-order valence-electron chi connectivity index (χ2n) is 4.52. The molecule has 0 saturated carbocycles. The maximum Gasteiger partial charge on any atom is 0.257 e. The molecule has 0 aliphatic heterocycles. The third-order valence-corrected chi connectivity index (χ3v) is 2.97. The first-order valence-electron chi connectivity index (χ1n) is 5.89. The first-order valence-corrected chi connectivity index (χ1v) is 6.26. The molecule has 1 heterocycles. The molecule has 4 nitrogen and oxygen atoms in total. The van der Waals surface area contributed by atoms with Crippen molar-refractivity contribution in [3.63, 3.8) is 0 Å². The monoisotopic (exact) mass is 265 g/mol. The Morgan fingerprint density at radius 1 is 1.39 bits per heavy atom. The predicted octanol–water partition coefficient (Wildman–Crippen LogP) is 3.20. The van der Waals surface area contributed by atoms with Crippen LogP contribution in [0.3, 0.4) is 0 Å². The summed E-state index contributed by atoms with van der Waals surface area (Å²) in [5.74, 6) is 1.18. The molecule has 0 bridgehead atoms. The molecule has 2 rings (SSSR count). The molecular weight excluding hydrogens is 250 g/mol. The van der Waals surface area contributed by atoms with Crippen LogP contribution < -0.4 is 5.32 Å². The molecule has 0 saturated heterocycles. The van der Waals surface area contributed by atoms with E-state index in [0.717, 1.165) is 16.1 Å². The van der Waals surface area contributed by atoms with E-state index in [2.05, 4.69) is 29.3 Å². The van der Waals surface area contributed by atoms with Gasteiger partial charge in [0.2, 0.25) is 0 Å². The molecule has 1 aromatic carbocycles. The molecule has 0 radical (unpaired) electrons. The van der Waals surface area contributed by atoms with Crippen LogP contribution in [0, 0.1) is 6.92 Å². The summed E-state index contributed by atoms with van der Waals surface area (Å²) >= 11 is 5.98. The summed E-state index contributed by atoms with van der Waals surface area (Å²) < 4.78 is 5.23. The molecule has 0 spiro atoms. The molecular formula is C13H16ClN3O. The Morgan fingerprint density at radius 2 is 2.17 bits per heavy atom. The van der Waals surface area contributed by atoms with Crippen molar-refractivity contribution in [3.05, 3.63) is 34.6 Å². The molecule has 0 unspecified atom stereocenters. The second kappa shape index (κ2) is 5.50. The van der Waals surface area contributed by atoms with Crippen LogP contribution >= 0.6 is 11.6 Å². The summed E-state index contributed by atoms with van der Waals surface area (Å²) in [5, 5.41) is 7.91. The number of halogens is 1. The number of nitrogens with zero attached hydrogens (tertiary/aromatic N) is 2. The normalized spacial score (nSPS) is 11.2. The van der Waals surface area contributed by atoms with Crippen molar-refractivity contribution >= 4 is 11.6 Å². The number of aromatic nitrogens is 2. The fraction of sp³-hybridized carbons (Fsp3) is 0.385. The molecule has 0 aliphatic carbocycles. The zero-order valence-electron chi connectivity index (χ0n) is 10.7. The van der Waals surface area contributed by atoms with E-state index in [0.29, 0.717) is 24.3 Å². The predicted molar refractivity (Wildman–Crippen MR) is 71.5 cm³/mol. The summed E-state index contributed by atoms with van der Waals surface area (Å²) in [6, 6.07) is 6.05. The maximum absolute atomic E-state index is 5.98. The van der Waals surface area contributed by atoms with E-state index < -0.39 is 0 Å². The topological polar surface area (TPSA) is 51.0 Å². The molecule has 0 amide bonds. The molecule has 96 valence electrons. The van der Waals surface area contributed by atoms with Crippen LogP contribution in [0.15, 0.2) is 22.7 Å². The van der Waals surface area contributed by atoms with Gasteiger partial charge in [0.25, 0.3) is 5.89 Å². The van der Waals surface area contributed by atoms with Gasteiger partial charge in [0.05, 0.1) is 6.54 Å². The SMILES string of the molecule is Cc1cc(-c2nc(CNC(C)C)no2)ccc1Cl. The van der Waals surface area contributed by atoms with Crippen LogP contribution in [0.5, 0.6) is 0 Å². The van der Waals surface area contributed by atoms with Gasteiger partial charge in [0.1, 0.15) is 0 Å². The lowest BCUT2D eigenvalue weighted by atomic mass is 10.1. The van der Waals surface area contributed by atoms with E-state index in [1.807, 2.05) is 25.1 Å². The lowest BCUT2D eigenvalue weighted by Gasteiger charge is -2.03. The number of aryl methyl sites for hydroxylation is 1. The van der Waals surface area contributed by atoms with E-state index >= 15 is 0 Å². The molecule has 2 aromatic rings. The van der Waals surface area contributed by atoms with Crippen molar-refractivity contribution in [2.24, 2.45) is 0 Å². The van der Waals surface area contributed by atoms with Crippen molar-refractivity contribution in [2.45, 2.75) is 33.4 Å². The van der Waals surface area contributed by atoms with Gasteiger partial charge in [-0.3, -0.25) is 0 Å². The molecule has 1 N–H and O–H groups in total. The maximum atomic E-state index is 5.98. The Morgan fingerprint density at radius 3 is 2.83 bits per heavy atom. The largest absolute Gasteiger partial charge is 0.334 e. The van der Waals surface area contributed by atoms with Crippen LogP contribution in [0.1, 0.15) is 25.2 Å². The van der Waals surface area contributed by atoms with Gasteiger partial charge in [-0.15, -0.1) is 0 Å². The minimum atomic E-state index is 0.393. The van der Waals surface area contributed by atoms with Gasteiger partial charge in [0.15, 0.2) is 5.82 Å². The lowest BCUT2D eigenvalue weighted by Crippen LogP contribution is -2.22. The summed E-state index contributed by atoms with van der Waals surface area (Å²) in [7, 11) is 0. The van der Waals surface area contributed by atoms with Gasteiger partial charge >= 0.3 is 0 Å². The first kappa shape index (κ1) is 13.1. The van der Waals surface area contributed by atoms with Crippen molar-refractivity contribution in [3.8, 4) is 11.5 Å². The highest BCUT2D eigenvalue weighted by molar-refractivity contribution is 6.31. The third-order valence-electron chi connectivity index (χ3n) is 2.54. The lowest BCUT2D eigenvalue weighted by molar-refractivity contribution is 0.417. The zero-order valence-corrected chi connectivity index (χ0v) is 11.5. The van der Waals surface area contributed by atoms with Gasteiger partial charge in [-0.1, -0.05) is 30.6 Å². The van der Waals surface area contributed by atoms with E-state index in [1.54, 1.807) is 0 Å². The van der Waals surface area contributed by atoms with Crippen molar-refractivity contribution in [1.29, 1.82) is 0 Å². The highest BCUT2D eigenvalue weighted by Gasteiger charge is 2.09. The standard InChI is InChI=1S/C13H16ClN3O/c1-8(2)15-7-12-16-13(18-17-12)10-4-5-11(14)9(3)6-10/h4-6,8,15H,7H2,1-3H3. The Hall–Kier alpha value is -1.39. The quantitative estimate of drug-likeness (QED) is 0.922. The summed E-state index contributed by atoms with van der Waals surface area (Å²) in [6.07, 6.45) is 0. The average molecular weight is 266 g/mol. The van der Waals surface area contributed by atoms with Gasteiger partial charge in [-0.05, 0) is 30.7 Å². The van der Waals surface area contributed by atoms with Crippen LogP contribution in [-0.4, -0.2) is 16.2 Å². The molecule has 0 atom stereocenters. The summed E-state index contributed by atoms with van der Waals surface area (Å²) in [5.41, 5.74) is 1.88. The molecule has 0 aliphatic rings. The Bertz CT molecular complexity index is 537. The summed E-state index contributed by atoms with van der Waals surface area (Å²) in [4.78, 5) is 4.34. The van der Waals surface area contributed by atoms with Gasteiger partial charge < -0.3 is 9.84 Å². The van der Waals surface area contributed by atoms with Crippen molar-refractivity contribution in [1.82, 2.24) is 15.5 Å². The fourth-order valence-corrected chi connectivity index (χ4v) is 1.63. The van der Waals surface area contributed by atoms with Gasteiger partial charge in [-0.2, -0.15) is 4.98 Å². The van der Waals surface area contributed by atoms with Crippen LogP contribution in [0.2, 0.25) is 5.02 Å².